The predicted octanol–water partition coefficient (Wildman–Crippen LogP) is 2.93. The van der Waals surface area contributed by atoms with Crippen LogP contribution in [0.15, 0.2) is 51.9 Å². The number of primary amides is 1. The van der Waals surface area contributed by atoms with E-state index in [9.17, 15) is 15.0 Å². The molecule has 0 saturated heterocycles. The summed E-state index contributed by atoms with van der Waals surface area (Å²) in [6.45, 7) is 4.77. The minimum absolute atomic E-state index is 0.0306. The molecule has 3 rings (SSSR count). The van der Waals surface area contributed by atoms with Gasteiger partial charge in [-0.1, -0.05) is 0 Å². The lowest BCUT2D eigenvalue weighted by Gasteiger charge is -2.07. The van der Waals surface area contributed by atoms with Gasteiger partial charge in [-0.05, 0) is 55.8 Å². The van der Waals surface area contributed by atoms with E-state index in [-0.39, 0.29) is 17.1 Å². The zero-order chi connectivity index (χ0) is 21.7. The van der Waals surface area contributed by atoms with Crippen LogP contribution in [-0.4, -0.2) is 40.2 Å². The molecule has 30 heavy (non-hydrogen) atoms. The van der Waals surface area contributed by atoms with Crippen LogP contribution in [0.2, 0.25) is 0 Å². The van der Waals surface area contributed by atoms with E-state index in [0.717, 1.165) is 5.56 Å². The van der Waals surface area contributed by atoms with E-state index < -0.39 is 5.91 Å². The van der Waals surface area contributed by atoms with Gasteiger partial charge in [0, 0.05) is 17.5 Å². The fraction of sp³-hybridized carbons (Fsp3) is 0.190. The van der Waals surface area contributed by atoms with Crippen molar-refractivity contribution >= 4 is 23.5 Å². The molecule has 4 N–H and O–H groups in total. The molecular weight excluding hydrogens is 404 g/mol. The monoisotopic (exact) mass is 426 g/mol. The molecule has 0 aliphatic carbocycles. The smallest absolute Gasteiger partial charge is 0.252 e. The first kappa shape index (κ1) is 21.1. The maximum atomic E-state index is 11.6. The zero-order valence-electron chi connectivity index (χ0n) is 16.6. The SMILES string of the molecule is CCN=c1scc(-c2ccc(O)c(C(N)=O)c2)n1/N=C\c1ccc(O)c(OCC)c1. The minimum atomic E-state index is -0.717. The average Bonchev–Trinajstić information content (AvgIpc) is 3.12. The predicted molar refractivity (Wildman–Crippen MR) is 116 cm³/mol. The van der Waals surface area contributed by atoms with Crippen LogP contribution in [0.4, 0.5) is 0 Å². The Balaban J connectivity index is 2.07. The summed E-state index contributed by atoms with van der Waals surface area (Å²) in [6.07, 6.45) is 1.63. The van der Waals surface area contributed by atoms with Crippen molar-refractivity contribution in [2.24, 2.45) is 15.8 Å². The summed E-state index contributed by atoms with van der Waals surface area (Å²) in [7, 11) is 0. The number of carbonyl (C=O) groups is 1. The molecule has 0 fully saturated rings. The molecule has 0 unspecified atom stereocenters. The lowest BCUT2D eigenvalue weighted by molar-refractivity contribution is 0.0998. The van der Waals surface area contributed by atoms with Gasteiger partial charge in [-0.25, -0.2) is 4.68 Å². The van der Waals surface area contributed by atoms with Crippen molar-refractivity contribution in [1.29, 1.82) is 0 Å². The Bertz CT molecular complexity index is 1160. The number of phenolic OH excluding ortho intramolecular Hbond substituents is 1. The fourth-order valence-corrected chi connectivity index (χ4v) is 3.65. The van der Waals surface area contributed by atoms with Crippen molar-refractivity contribution in [3.63, 3.8) is 0 Å². The van der Waals surface area contributed by atoms with Gasteiger partial charge in [0.25, 0.3) is 5.91 Å². The molecule has 0 spiro atoms. The normalized spacial score (nSPS) is 11.9. The summed E-state index contributed by atoms with van der Waals surface area (Å²) < 4.78 is 7.07. The van der Waals surface area contributed by atoms with Crippen LogP contribution >= 0.6 is 11.3 Å². The Kier molecular flexibility index (Phi) is 6.53. The number of hydrogen-bond donors (Lipinski definition) is 3. The van der Waals surface area contributed by atoms with Crippen molar-refractivity contribution in [3.8, 4) is 28.5 Å². The molecule has 0 radical (unpaired) electrons. The number of nitrogens with zero attached hydrogens (tertiary/aromatic N) is 3. The first-order valence-corrected chi connectivity index (χ1v) is 10.2. The van der Waals surface area contributed by atoms with Gasteiger partial charge in [-0.15, -0.1) is 11.3 Å². The third-order valence-electron chi connectivity index (χ3n) is 4.14. The molecule has 1 aromatic heterocycles. The van der Waals surface area contributed by atoms with Gasteiger partial charge in [-0.2, -0.15) is 5.10 Å². The van der Waals surface area contributed by atoms with Crippen LogP contribution in [0.5, 0.6) is 17.2 Å². The molecule has 0 bridgehead atoms. The van der Waals surface area contributed by atoms with E-state index in [0.29, 0.717) is 35.0 Å². The van der Waals surface area contributed by atoms with Crippen molar-refractivity contribution in [1.82, 2.24) is 4.68 Å². The molecule has 8 nitrogen and oxygen atoms in total. The number of phenols is 2. The molecule has 9 heteroatoms. The maximum absolute atomic E-state index is 11.6. The van der Waals surface area contributed by atoms with Crippen molar-refractivity contribution in [2.45, 2.75) is 13.8 Å². The van der Waals surface area contributed by atoms with E-state index in [1.54, 1.807) is 35.2 Å². The lowest BCUT2D eigenvalue weighted by Crippen LogP contribution is -2.13. The van der Waals surface area contributed by atoms with E-state index in [1.807, 2.05) is 19.2 Å². The van der Waals surface area contributed by atoms with Crippen LogP contribution in [0.1, 0.15) is 29.8 Å². The number of ether oxygens (including phenoxy) is 1. The van der Waals surface area contributed by atoms with Gasteiger partial charge in [-0.3, -0.25) is 9.79 Å². The topological polar surface area (TPSA) is 122 Å². The van der Waals surface area contributed by atoms with Crippen LogP contribution in [-0.2, 0) is 0 Å². The fourth-order valence-electron chi connectivity index (χ4n) is 2.75. The number of amides is 1. The average molecular weight is 426 g/mol. The standard InChI is InChI=1S/C21H22N4O4S/c1-3-23-21-25(24-11-13-5-7-18(27)19(9-13)29-4-2)16(12-30-21)14-6-8-17(26)15(10-14)20(22)28/h5-12,26-27H,3-4H2,1-2H3,(H2,22,28)/b23-21?,24-11-. The second-order valence-corrected chi connectivity index (χ2v) is 7.03. The molecule has 1 amide bonds. The zero-order valence-corrected chi connectivity index (χ0v) is 17.4. The number of aromatic hydroxyl groups is 2. The Labute approximate surface area is 177 Å². The largest absolute Gasteiger partial charge is 0.507 e. The van der Waals surface area contributed by atoms with Crippen LogP contribution in [0.25, 0.3) is 11.3 Å². The molecule has 0 aliphatic rings. The van der Waals surface area contributed by atoms with Crippen LogP contribution < -0.4 is 15.3 Å². The number of carbonyl (C=O) groups excluding carboxylic acids is 1. The Morgan fingerprint density at radius 2 is 1.97 bits per heavy atom. The molecule has 156 valence electrons. The summed E-state index contributed by atoms with van der Waals surface area (Å²) in [5.41, 5.74) is 7.46. The Morgan fingerprint density at radius 3 is 2.67 bits per heavy atom. The van der Waals surface area contributed by atoms with Gasteiger partial charge in [0.2, 0.25) is 4.80 Å². The van der Waals surface area contributed by atoms with Gasteiger partial charge >= 0.3 is 0 Å². The number of hydrogen-bond acceptors (Lipinski definition) is 7. The number of benzene rings is 2. The highest BCUT2D eigenvalue weighted by Crippen LogP contribution is 2.27. The summed E-state index contributed by atoms with van der Waals surface area (Å²) in [5, 5.41) is 26.2. The molecule has 2 aromatic carbocycles. The first-order chi connectivity index (χ1) is 14.4. The summed E-state index contributed by atoms with van der Waals surface area (Å²) in [4.78, 5) is 16.7. The number of rotatable bonds is 7. The van der Waals surface area contributed by atoms with E-state index >= 15 is 0 Å². The maximum Gasteiger partial charge on any atom is 0.252 e. The quantitative estimate of drug-likeness (QED) is 0.503. The number of aromatic nitrogens is 1. The Hall–Kier alpha value is -3.59. The third-order valence-corrected chi connectivity index (χ3v) is 5.00. The van der Waals surface area contributed by atoms with Gasteiger partial charge in [0.05, 0.1) is 24.1 Å². The van der Waals surface area contributed by atoms with Gasteiger partial charge in [0.15, 0.2) is 11.5 Å². The molecular formula is C21H22N4O4S. The lowest BCUT2D eigenvalue weighted by atomic mass is 10.1. The highest BCUT2D eigenvalue weighted by molar-refractivity contribution is 7.07. The van der Waals surface area contributed by atoms with Crippen LogP contribution in [0, 0.1) is 0 Å². The minimum Gasteiger partial charge on any atom is -0.507 e. The van der Waals surface area contributed by atoms with Gasteiger partial charge < -0.3 is 20.7 Å². The van der Waals surface area contributed by atoms with Crippen molar-refractivity contribution in [3.05, 3.63) is 57.7 Å². The molecule has 0 aliphatic heterocycles. The summed E-state index contributed by atoms with van der Waals surface area (Å²) in [6, 6.07) is 9.58. The first-order valence-electron chi connectivity index (χ1n) is 9.29. The van der Waals surface area contributed by atoms with Gasteiger partial charge in [0.1, 0.15) is 5.75 Å². The molecule has 0 saturated carbocycles. The second-order valence-electron chi connectivity index (χ2n) is 6.19. The Morgan fingerprint density at radius 1 is 1.20 bits per heavy atom. The second kappa shape index (κ2) is 9.27. The van der Waals surface area contributed by atoms with E-state index in [1.165, 1.54) is 23.5 Å². The summed E-state index contributed by atoms with van der Waals surface area (Å²) >= 11 is 1.40. The molecule has 1 heterocycles. The highest BCUT2D eigenvalue weighted by Gasteiger charge is 2.13. The van der Waals surface area contributed by atoms with E-state index in [2.05, 4.69) is 10.1 Å². The van der Waals surface area contributed by atoms with Crippen molar-refractivity contribution in [2.75, 3.05) is 13.2 Å². The van der Waals surface area contributed by atoms with E-state index in [4.69, 9.17) is 10.5 Å². The highest BCUT2D eigenvalue weighted by atomic mass is 32.1. The molecule has 0 atom stereocenters. The molecule has 3 aromatic rings. The number of thiazole rings is 1. The summed E-state index contributed by atoms with van der Waals surface area (Å²) in [5.74, 6) is -0.462. The van der Waals surface area contributed by atoms with Crippen LogP contribution in [0.3, 0.4) is 0 Å². The third kappa shape index (κ3) is 4.52. The number of nitrogens with two attached hydrogens (primary N) is 1. The van der Waals surface area contributed by atoms with Crippen molar-refractivity contribution < 1.29 is 19.7 Å².